The van der Waals surface area contributed by atoms with Gasteiger partial charge in [-0.05, 0) is 55.3 Å². The van der Waals surface area contributed by atoms with E-state index in [9.17, 15) is 9.59 Å². The maximum Gasteiger partial charge on any atom is 0.255 e. The van der Waals surface area contributed by atoms with Crippen molar-refractivity contribution in [1.82, 2.24) is 10.6 Å². The first-order valence-electron chi connectivity index (χ1n) is 8.58. The van der Waals surface area contributed by atoms with Crippen LogP contribution in [0.2, 0.25) is 0 Å². The fraction of sp³-hybridized carbons (Fsp3) is 0.300. The monoisotopic (exact) mass is 355 g/mol. The van der Waals surface area contributed by atoms with E-state index in [1.54, 1.807) is 31.3 Å². The number of ether oxygens (including phenoxy) is 1. The molecule has 0 aromatic heterocycles. The van der Waals surface area contributed by atoms with Gasteiger partial charge in [-0.15, -0.1) is 0 Å². The number of amides is 2. The van der Waals surface area contributed by atoms with E-state index in [4.69, 9.17) is 10.5 Å². The second-order valence-electron chi connectivity index (χ2n) is 5.95. The molecule has 0 aliphatic heterocycles. The average molecular weight is 355 g/mol. The van der Waals surface area contributed by atoms with Gasteiger partial charge in [0, 0.05) is 19.2 Å². The van der Waals surface area contributed by atoms with Gasteiger partial charge >= 0.3 is 0 Å². The molecule has 4 N–H and O–H groups in total. The number of benzene rings is 2. The summed E-state index contributed by atoms with van der Waals surface area (Å²) in [5.74, 6) is 0.167. The van der Waals surface area contributed by atoms with Crippen molar-refractivity contribution in [1.29, 1.82) is 0 Å². The Morgan fingerprint density at radius 1 is 1.12 bits per heavy atom. The zero-order valence-electron chi connectivity index (χ0n) is 15.2. The minimum atomic E-state index is -0.224. The van der Waals surface area contributed by atoms with E-state index in [0.29, 0.717) is 36.6 Å². The normalized spacial score (nSPS) is 10.3. The van der Waals surface area contributed by atoms with Crippen LogP contribution in [0, 0.1) is 6.92 Å². The van der Waals surface area contributed by atoms with Gasteiger partial charge in [0.25, 0.3) is 11.8 Å². The second-order valence-corrected chi connectivity index (χ2v) is 5.95. The third kappa shape index (κ3) is 5.32. The summed E-state index contributed by atoms with van der Waals surface area (Å²) >= 11 is 0. The van der Waals surface area contributed by atoms with E-state index in [-0.39, 0.29) is 11.8 Å². The molecular weight excluding hydrogens is 330 g/mol. The lowest BCUT2D eigenvalue weighted by Gasteiger charge is -2.13. The molecule has 6 nitrogen and oxygen atoms in total. The highest BCUT2D eigenvalue weighted by molar-refractivity contribution is 5.97. The summed E-state index contributed by atoms with van der Waals surface area (Å²) < 4.78 is 5.70. The van der Waals surface area contributed by atoms with E-state index in [2.05, 4.69) is 10.6 Å². The maximum absolute atomic E-state index is 12.6. The molecule has 0 fully saturated rings. The summed E-state index contributed by atoms with van der Waals surface area (Å²) in [6.07, 6.45) is 0.723. The number of aryl methyl sites for hydroxylation is 1. The van der Waals surface area contributed by atoms with E-state index < -0.39 is 0 Å². The van der Waals surface area contributed by atoms with Crippen molar-refractivity contribution in [2.75, 3.05) is 20.2 Å². The Labute approximate surface area is 153 Å². The molecule has 2 aromatic rings. The fourth-order valence-electron chi connectivity index (χ4n) is 2.45. The highest BCUT2D eigenvalue weighted by atomic mass is 16.5. The molecule has 26 heavy (non-hydrogen) atoms. The fourth-order valence-corrected chi connectivity index (χ4v) is 2.45. The number of carbonyl (C=O) groups is 2. The van der Waals surface area contributed by atoms with Gasteiger partial charge in [0.05, 0.1) is 12.2 Å². The number of hydrogen-bond acceptors (Lipinski definition) is 4. The lowest BCUT2D eigenvalue weighted by atomic mass is 10.1. The van der Waals surface area contributed by atoms with Crippen molar-refractivity contribution in [3.8, 4) is 5.75 Å². The van der Waals surface area contributed by atoms with Crippen LogP contribution < -0.4 is 21.1 Å². The lowest BCUT2D eigenvalue weighted by molar-refractivity contribution is 0.0945. The van der Waals surface area contributed by atoms with Gasteiger partial charge in [0.1, 0.15) is 5.75 Å². The Hall–Kier alpha value is -2.86. The Kier molecular flexibility index (Phi) is 7.17. The van der Waals surface area contributed by atoms with E-state index in [1.165, 1.54) is 0 Å². The van der Waals surface area contributed by atoms with Gasteiger partial charge < -0.3 is 21.1 Å². The van der Waals surface area contributed by atoms with Gasteiger partial charge in [-0.1, -0.05) is 18.2 Å². The van der Waals surface area contributed by atoms with E-state index >= 15 is 0 Å². The van der Waals surface area contributed by atoms with Crippen molar-refractivity contribution in [2.45, 2.75) is 19.9 Å². The van der Waals surface area contributed by atoms with Crippen molar-refractivity contribution in [3.05, 3.63) is 64.7 Å². The number of hydrogen-bond donors (Lipinski definition) is 3. The topological polar surface area (TPSA) is 93.5 Å². The standard InChI is InChI=1S/C20H25N3O3/c1-14-7-8-17(18(11-14)26-10-4-9-21)20(25)23-13-15-5-3-6-16(12-15)19(24)22-2/h3,5-8,11-12H,4,9-10,13,21H2,1-2H3,(H,22,24)(H,23,25). The van der Waals surface area contributed by atoms with Crippen LogP contribution in [0.25, 0.3) is 0 Å². The van der Waals surface area contributed by atoms with Crippen molar-refractivity contribution in [3.63, 3.8) is 0 Å². The molecule has 0 unspecified atom stereocenters. The first kappa shape index (κ1) is 19.5. The summed E-state index contributed by atoms with van der Waals surface area (Å²) in [6, 6.07) is 12.6. The Morgan fingerprint density at radius 2 is 1.92 bits per heavy atom. The van der Waals surface area contributed by atoms with E-state index in [0.717, 1.165) is 17.5 Å². The van der Waals surface area contributed by atoms with Crippen LogP contribution in [0.4, 0.5) is 0 Å². The predicted octanol–water partition coefficient (Wildman–Crippen LogP) is 2.01. The molecule has 0 aliphatic rings. The molecule has 6 heteroatoms. The van der Waals surface area contributed by atoms with Crippen LogP contribution in [0.1, 0.15) is 38.3 Å². The SMILES string of the molecule is CNC(=O)c1cccc(CNC(=O)c2ccc(C)cc2OCCCN)c1. The largest absolute Gasteiger partial charge is 0.493 e. The summed E-state index contributed by atoms with van der Waals surface area (Å²) in [5, 5.41) is 5.46. The molecule has 0 bridgehead atoms. The molecule has 0 aliphatic carbocycles. The van der Waals surface area contributed by atoms with Crippen LogP contribution >= 0.6 is 0 Å². The van der Waals surface area contributed by atoms with Gasteiger partial charge in [0.15, 0.2) is 0 Å². The summed E-state index contributed by atoms with van der Waals surface area (Å²) in [5.41, 5.74) is 8.39. The molecule has 0 radical (unpaired) electrons. The van der Waals surface area contributed by atoms with Crippen LogP contribution in [0.5, 0.6) is 5.75 Å². The molecule has 2 rings (SSSR count). The van der Waals surface area contributed by atoms with Crippen molar-refractivity contribution < 1.29 is 14.3 Å². The third-order valence-corrected chi connectivity index (χ3v) is 3.86. The molecule has 2 amide bonds. The number of nitrogens with one attached hydrogen (secondary N) is 2. The van der Waals surface area contributed by atoms with Crippen LogP contribution in [-0.2, 0) is 6.54 Å². The lowest BCUT2D eigenvalue weighted by Crippen LogP contribution is -2.24. The maximum atomic E-state index is 12.6. The van der Waals surface area contributed by atoms with Gasteiger partial charge in [0.2, 0.25) is 0 Å². The van der Waals surface area contributed by atoms with Gasteiger partial charge in [-0.25, -0.2) is 0 Å². The highest BCUT2D eigenvalue weighted by Crippen LogP contribution is 2.21. The second kappa shape index (κ2) is 9.58. The molecule has 0 saturated heterocycles. The van der Waals surface area contributed by atoms with Crippen molar-refractivity contribution in [2.24, 2.45) is 5.73 Å². The van der Waals surface area contributed by atoms with Crippen LogP contribution in [-0.4, -0.2) is 32.0 Å². The Bertz CT molecular complexity index is 775. The minimum Gasteiger partial charge on any atom is -0.493 e. The molecule has 138 valence electrons. The average Bonchev–Trinajstić information content (AvgIpc) is 2.66. The first-order valence-corrected chi connectivity index (χ1v) is 8.58. The highest BCUT2D eigenvalue weighted by Gasteiger charge is 2.13. The first-order chi connectivity index (χ1) is 12.5. The molecule has 2 aromatic carbocycles. The van der Waals surface area contributed by atoms with Crippen LogP contribution in [0.15, 0.2) is 42.5 Å². The summed E-state index contributed by atoms with van der Waals surface area (Å²) in [7, 11) is 1.58. The molecule has 0 atom stereocenters. The van der Waals surface area contributed by atoms with Crippen LogP contribution in [0.3, 0.4) is 0 Å². The minimum absolute atomic E-state index is 0.160. The number of carbonyl (C=O) groups excluding carboxylic acids is 2. The molecule has 0 spiro atoms. The number of rotatable bonds is 8. The van der Waals surface area contributed by atoms with Gasteiger partial charge in [-0.3, -0.25) is 9.59 Å². The number of nitrogens with two attached hydrogens (primary N) is 1. The zero-order chi connectivity index (χ0) is 18.9. The summed E-state index contributed by atoms with van der Waals surface area (Å²) in [6.45, 7) is 3.27. The summed E-state index contributed by atoms with van der Waals surface area (Å²) in [4.78, 5) is 24.3. The third-order valence-electron chi connectivity index (χ3n) is 3.86. The predicted molar refractivity (Wildman–Crippen MR) is 101 cm³/mol. The molecule has 0 heterocycles. The molecule has 0 saturated carbocycles. The van der Waals surface area contributed by atoms with Crippen molar-refractivity contribution >= 4 is 11.8 Å². The van der Waals surface area contributed by atoms with Gasteiger partial charge in [-0.2, -0.15) is 0 Å². The Balaban J connectivity index is 2.07. The quantitative estimate of drug-likeness (QED) is 0.632. The van der Waals surface area contributed by atoms with E-state index in [1.807, 2.05) is 25.1 Å². The Morgan fingerprint density at radius 3 is 2.65 bits per heavy atom. The molecular formula is C20H25N3O3. The smallest absolute Gasteiger partial charge is 0.255 e. The zero-order valence-corrected chi connectivity index (χ0v) is 15.2.